The van der Waals surface area contributed by atoms with Crippen LogP contribution in [-0.2, 0) is 0 Å². The number of nitrogens with two attached hydrogens (primary N) is 2. The van der Waals surface area contributed by atoms with Crippen molar-refractivity contribution in [2.75, 3.05) is 16.8 Å². The van der Waals surface area contributed by atoms with Crippen molar-refractivity contribution >= 4 is 22.7 Å². The highest BCUT2D eigenvalue weighted by Gasteiger charge is 2.05. The molecule has 0 bridgehead atoms. The van der Waals surface area contributed by atoms with Crippen molar-refractivity contribution in [3.8, 4) is 5.75 Å². The molecular weight excluding hydrogens is 214 g/mol. The maximum absolute atomic E-state index is 9.19. The van der Waals surface area contributed by atoms with Gasteiger partial charge in [-0.3, -0.25) is 0 Å². The molecule has 0 saturated heterocycles. The normalized spacial score (nSPS) is 10.2. The van der Waals surface area contributed by atoms with Gasteiger partial charge < -0.3 is 21.9 Å². The number of phenolic OH excluding ortho intramolecular Hbond substituents is 1. The minimum atomic E-state index is 0.233. The van der Waals surface area contributed by atoms with E-state index in [0.717, 1.165) is 16.9 Å². The van der Waals surface area contributed by atoms with E-state index in [-0.39, 0.29) is 5.75 Å². The molecule has 6 N–H and O–H groups in total. The quantitative estimate of drug-likeness (QED) is 0.471. The lowest BCUT2D eigenvalue weighted by molar-refractivity contribution is 0.475. The zero-order valence-electron chi connectivity index (χ0n) is 9.57. The molecule has 88 valence electrons. The first kappa shape index (κ1) is 11.1. The Balaban J connectivity index is 2.30. The predicted octanol–water partition coefficient (Wildman–Crippen LogP) is 2.61. The van der Waals surface area contributed by atoms with Crippen LogP contribution in [0, 0.1) is 6.92 Å². The van der Waals surface area contributed by atoms with Gasteiger partial charge in [-0.25, -0.2) is 0 Å². The Morgan fingerprint density at radius 3 is 2.29 bits per heavy atom. The van der Waals surface area contributed by atoms with Gasteiger partial charge in [-0.15, -0.1) is 0 Å². The number of phenols is 1. The molecule has 17 heavy (non-hydrogen) atoms. The Morgan fingerprint density at radius 2 is 1.65 bits per heavy atom. The fraction of sp³-hybridized carbons (Fsp3) is 0.0769. The molecule has 0 heterocycles. The van der Waals surface area contributed by atoms with Gasteiger partial charge in [-0.2, -0.15) is 0 Å². The van der Waals surface area contributed by atoms with Crippen molar-refractivity contribution in [1.82, 2.24) is 0 Å². The third kappa shape index (κ3) is 2.25. The van der Waals surface area contributed by atoms with E-state index in [9.17, 15) is 5.11 Å². The smallest absolute Gasteiger partial charge is 0.115 e. The third-order valence-corrected chi connectivity index (χ3v) is 2.70. The van der Waals surface area contributed by atoms with Crippen LogP contribution in [0.25, 0.3) is 0 Å². The van der Waals surface area contributed by atoms with Crippen LogP contribution in [0.1, 0.15) is 5.56 Å². The molecule has 0 spiro atoms. The lowest BCUT2D eigenvalue weighted by atomic mass is 10.1. The van der Waals surface area contributed by atoms with Crippen LogP contribution in [0.4, 0.5) is 22.7 Å². The number of hydrogen-bond acceptors (Lipinski definition) is 4. The Kier molecular flexibility index (Phi) is 2.78. The summed E-state index contributed by atoms with van der Waals surface area (Å²) in [6, 6.07) is 10.4. The van der Waals surface area contributed by atoms with Crippen LogP contribution in [-0.4, -0.2) is 5.11 Å². The van der Waals surface area contributed by atoms with Crippen molar-refractivity contribution in [1.29, 1.82) is 0 Å². The van der Waals surface area contributed by atoms with E-state index in [2.05, 4.69) is 5.32 Å². The largest absolute Gasteiger partial charge is 0.508 e. The Morgan fingerprint density at radius 1 is 1.00 bits per heavy atom. The van der Waals surface area contributed by atoms with Crippen LogP contribution in [0.5, 0.6) is 5.75 Å². The average Bonchev–Trinajstić information content (AvgIpc) is 2.33. The molecule has 4 nitrogen and oxygen atoms in total. The number of hydrogen-bond donors (Lipinski definition) is 4. The highest BCUT2D eigenvalue weighted by Crippen LogP contribution is 2.29. The standard InChI is InChI=1S/C13H15N3O/c1-8-11(14)6-7-12(13(8)15)16-9-2-4-10(17)5-3-9/h2-7,16-17H,14-15H2,1H3. The van der Waals surface area contributed by atoms with Gasteiger partial charge in [0.25, 0.3) is 0 Å². The topological polar surface area (TPSA) is 84.3 Å². The molecular formula is C13H15N3O. The van der Waals surface area contributed by atoms with Crippen molar-refractivity contribution in [3.63, 3.8) is 0 Å². The molecule has 4 heteroatoms. The SMILES string of the molecule is Cc1c(N)ccc(Nc2ccc(O)cc2)c1N. The molecule has 0 fully saturated rings. The molecule has 0 radical (unpaired) electrons. The van der Waals surface area contributed by atoms with Gasteiger partial charge >= 0.3 is 0 Å². The van der Waals surface area contributed by atoms with E-state index in [4.69, 9.17) is 11.5 Å². The summed E-state index contributed by atoms with van der Waals surface area (Å²) in [6.07, 6.45) is 0. The highest BCUT2D eigenvalue weighted by atomic mass is 16.3. The lowest BCUT2D eigenvalue weighted by Gasteiger charge is -2.12. The maximum Gasteiger partial charge on any atom is 0.115 e. The summed E-state index contributed by atoms with van der Waals surface area (Å²) in [7, 11) is 0. The second-order valence-corrected chi connectivity index (χ2v) is 3.91. The first-order valence-electron chi connectivity index (χ1n) is 5.28. The number of nitrogen functional groups attached to an aromatic ring is 2. The molecule has 0 aliphatic carbocycles. The fourth-order valence-electron chi connectivity index (χ4n) is 1.55. The number of benzene rings is 2. The zero-order valence-corrected chi connectivity index (χ0v) is 9.57. The van der Waals surface area contributed by atoms with Crippen molar-refractivity contribution in [3.05, 3.63) is 42.0 Å². The molecule has 0 saturated carbocycles. The summed E-state index contributed by atoms with van der Waals surface area (Å²) < 4.78 is 0. The predicted molar refractivity (Wildman–Crippen MR) is 71.4 cm³/mol. The molecule has 0 unspecified atom stereocenters. The summed E-state index contributed by atoms with van der Waals surface area (Å²) in [5.41, 5.74) is 15.6. The van der Waals surface area contributed by atoms with Gasteiger partial charge in [0.2, 0.25) is 0 Å². The molecule has 2 aromatic rings. The van der Waals surface area contributed by atoms with Gasteiger partial charge in [0.15, 0.2) is 0 Å². The van der Waals surface area contributed by atoms with Crippen LogP contribution in [0.3, 0.4) is 0 Å². The van der Waals surface area contributed by atoms with E-state index in [0.29, 0.717) is 11.4 Å². The van der Waals surface area contributed by atoms with Gasteiger partial charge in [0.05, 0.1) is 11.4 Å². The molecule has 2 rings (SSSR count). The van der Waals surface area contributed by atoms with E-state index in [1.807, 2.05) is 19.1 Å². The van der Waals surface area contributed by atoms with Crippen molar-refractivity contribution in [2.24, 2.45) is 0 Å². The van der Waals surface area contributed by atoms with Gasteiger partial charge in [-0.1, -0.05) is 0 Å². The first-order chi connectivity index (χ1) is 8.08. The van der Waals surface area contributed by atoms with Gasteiger partial charge in [0, 0.05) is 11.4 Å². The number of anilines is 4. The monoisotopic (exact) mass is 229 g/mol. The van der Waals surface area contributed by atoms with E-state index < -0.39 is 0 Å². The van der Waals surface area contributed by atoms with E-state index in [1.54, 1.807) is 24.3 Å². The second-order valence-electron chi connectivity index (χ2n) is 3.91. The van der Waals surface area contributed by atoms with Gasteiger partial charge in [0.1, 0.15) is 5.75 Å². The Hall–Kier alpha value is -2.36. The highest BCUT2D eigenvalue weighted by molar-refractivity contribution is 5.79. The summed E-state index contributed by atoms with van der Waals surface area (Å²) >= 11 is 0. The van der Waals surface area contributed by atoms with Gasteiger partial charge in [-0.05, 0) is 48.9 Å². The fourth-order valence-corrected chi connectivity index (χ4v) is 1.55. The molecule has 0 aliphatic rings. The average molecular weight is 229 g/mol. The summed E-state index contributed by atoms with van der Waals surface area (Å²) in [5.74, 6) is 0.233. The molecule has 2 aromatic carbocycles. The summed E-state index contributed by atoms with van der Waals surface area (Å²) in [6.45, 7) is 1.88. The van der Waals surface area contributed by atoms with Crippen molar-refractivity contribution in [2.45, 2.75) is 6.92 Å². The second kappa shape index (κ2) is 4.25. The third-order valence-electron chi connectivity index (χ3n) is 2.70. The number of nitrogens with one attached hydrogen (secondary N) is 1. The first-order valence-corrected chi connectivity index (χ1v) is 5.28. The van der Waals surface area contributed by atoms with Crippen molar-refractivity contribution < 1.29 is 5.11 Å². The molecule has 0 aromatic heterocycles. The van der Waals surface area contributed by atoms with Crippen LogP contribution in [0.15, 0.2) is 36.4 Å². The van der Waals surface area contributed by atoms with E-state index in [1.165, 1.54) is 0 Å². The summed E-state index contributed by atoms with van der Waals surface area (Å²) in [4.78, 5) is 0. The number of aromatic hydroxyl groups is 1. The maximum atomic E-state index is 9.19. The summed E-state index contributed by atoms with van der Waals surface area (Å²) in [5, 5.41) is 12.4. The van der Waals surface area contributed by atoms with Crippen LogP contribution < -0.4 is 16.8 Å². The molecule has 0 amide bonds. The van der Waals surface area contributed by atoms with Crippen LogP contribution >= 0.6 is 0 Å². The molecule has 0 aliphatic heterocycles. The minimum absolute atomic E-state index is 0.233. The Bertz CT molecular complexity index is 535. The van der Waals surface area contributed by atoms with Crippen LogP contribution in [0.2, 0.25) is 0 Å². The molecule has 0 atom stereocenters. The Labute approximate surface area is 99.9 Å². The number of rotatable bonds is 2. The minimum Gasteiger partial charge on any atom is -0.508 e. The zero-order chi connectivity index (χ0) is 12.4. The van der Waals surface area contributed by atoms with E-state index >= 15 is 0 Å². The lowest BCUT2D eigenvalue weighted by Crippen LogP contribution is -2.01.